The van der Waals surface area contributed by atoms with Crippen LogP contribution in [0.25, 0.3) is 0 Å². The Bertz CT molecular complexity index is 512. The van der Waals surface area contributed by atoms with E-state index < -0.39 is 15.0 Å². The predicted octanol–water partition coefficient (Wildman–Crippen LogP) is 0.859. The largest absolute Gasteiger partial charge is 0.380 e. The lowest BCUT2D eigenvalue weighted by Gasteiger charge is -2.05. The van der Waals surface area contributed by atoms with Crippen LogP contribution >= 0.6 is 10.7 Å². The molecule has 0 spiro atoms. The average Bonchev–Trinajstić information content (AvgIpc) is 2.16. The van der Waals surface area contributed by atoms with Gasteiger partial charge in [-0.25, -0.2) is 8.42 Å². The number of benzene rings is 1. The van der Waals surface area contributed by atoms with Crippen LogP contribution in [0.2, 0.25) is 0 Å². The van der Waals surface area contributed by atoms with Gasteiger partial charge < -0.3 is 10.5 Å². The van der Waals surface area contributed by atoms with Crippen LogP contribution in [0.5, 0.6) is 0 Å². The third-order valence-electron chi connectivity index (χ3n) is 1.84. The van der Waals surface area contributed by atoms with E-state index in [0.717, 1.165) is 6.07 Å². The summed E-state index contributed by atoms with van der Waals surface area (Å²) >= 11 is 0. The number of methoxy groups -OCH3 is 1. The van der Waals surface area contributed by atoms with Crippen LogP contribution in [0.1, 0.15) is 15.9 Å². The SMILES string of the molecule is COCc1cc(C(N)=O)cc(S(=O)(=O)Cl)c1. The number of primary amides is 1. The van der Waals surface area contributed by atoms with E-state index in [1.807, 2.05) is 0 Å². The monoisotopic (exact) mass is 263 g/mol. The molecule has 7 heteroatoms. The number of amides is 1. The van der Waals surface area contributed by atoms with Gasteiger partial charge in [-0.2, -0.15) is 0 Å². The van der Waals surface area contributed by atoms with E-state index in [2.05, 4.69) is 0 Å². The molecule has 0 fully saturated rings. The summed E-state index contributed by atoms with van der Waals surface area (Å²) in [5.41, 5.74) is 5.66. The summed E-state index contributed by atoms with van der Waals surface area (Å²) in [5.74, 6) is -0.723. The smallest absolute Gasteiger partial charge is 0.261 e. The molecule has 0 radical (unpaired) electrons. The first-order valence-corrected chi connectivity index (χ1v) is 6.53. The molecule has 0 atom stereocenters. The lowest BCUT2D eigenvalue weighted by Crippen LogP contribution is -2.12. The summed E-state index contributed by atoms with van der Waals surface area (Å²) in [5, 5.41) is 0. The quantitative estimate of drug-likeness (QED) is 0.816. The second-order valence-electron chi connectivity index (χ2n) is 3.10. The van der Waals surface area contributed by atoms with Crippen LogP contribution in [0.4, 0.5) is 0 Å². The number of nitrogens with two attached hydrogens (primary N) is 1. The van der Waals surface area contributed by atoms with Gasteiger partial charge in [0.05, 0.1) is 11.5 Å². The molecule has 0 aromatic heterocycles. The molecule has 2 N–H and O–H groups in total. The Morgan fingerprint density at radius 2 is 2.06 bits per heavy atom. The van der Waals surface area contributed by atoms with Crippen LogP contribution in [0, 0.1) is 0 Å². The summed E-state index contributed by atoms with van der Waals surface area (Å²) in [6.45, 7) is 0.167. The molecule has 1 aromatic carbocycles. The van der Waals surface area contributed by atoms with Crippen LogP contribution in [0.3, 0.4) is 0 Å². The standard InChI is InChI=1S/C9H10ClNO4S/c1-15-5-6-2-7(9(11)12)4-8(3-6)16(10,13)14/h2-4H,5H2,1H3,(H2,11,12). The predicted molar refractivity (Wildman–Crippen MR) is 58.7 cm³/mol. The first-order valence-electron chi connectivity index (χ1n) is 4.22. The molecule has 1 aromatic rings. The molecule has 16 heavy (non-hydrogen) atoms. The molecule has 0 unspecified atom stereocenters. The topological polar surface area (TPSA) is 86.5 Å². The van der Waals surface area contributed by atoms with Crippen molar-refractivity contribution in [2.75, 3.05) is 7.11 Å². The first-order chi connectivity index (χ1) is 7.34. The first kappa shape index (κ1) is 13.0. The molecule has 0 aliphatic carbocycles. The van der Waals surface area contributed by atoms with Gasteiger partial charge in [-0.3, -0.25) is 4.79 Å². The van der Waals surface area contributed by atoms with E-state index >= 15 is 0 Å². The number of carbonyl (C=O) groups is 1. The summed E-state index contributed by atoms with van der Waals surface area (Å²) in [7, 11) is 2.75. The number of rotatable bonds is 4. The minimum atomic E-state index is -3.89. The molecule has 0 heterocycles. The molecular formula is C9H10ClNO4S. The normalized spacial score (nSPS) is 11.4. The van der Waals surface area contributed by atoms with Crippen molar-refractivity contribution in [2.24, 2.45) is 5.73 Å². The minimum Gasteiger partial charge on any atom is -0.380 e. The maximum atomic E-state index is 11.1. The Labute approximate surface area is 97.6 Å². The van der Waals surface area contributed by atoms with Gasteiger partial charge in [0.2, 0.25) is 5.91 Å². The van der Waals surface area contributed by atoms with E-state index in [4.69, 9.17) is 21.2 Å². The van der Waals surface area contributed by atoms with Crippen LogP contribution in [-0.4, -0.2) is 21.4 Å². The van der Waals surface area contributed by atoms with Gasteiger partial charge >= 0.3 is 0 Å². The van der Waals surface area contributed by atoms with Gasteiger partial charge in [-0.15, -0.1) is 0 Å². The van der Waals surface area contributed by atoms with Crippen molar-refractivity contribution in [2.45, 2.75) is 11.5 Å². The summed E-state index contributed by atoms with van der Waals surface area (Å²) in [6, 6.07) is 3.92. The van der Waals surface area contributed by atoms with E-state index in [1.165, 1.54) is 19.2 Å². The van der Waals surface area contributed by atoms with Crippen molar-refractivity contribution in [3.8, 4) is 0 Å². The van der Waals surface area contributed by atoms with E-state index in [1.54, 1.807) is 0 Å². The molecule has 0 saturated heterocycles. The highest BCUT2D eigenvalue weighted by atomic mass is 35.7. The van der Waals surface area contributed by atoms with Crippen LogP contribution in [0.15, 0.2) is 23.1 Å². The second-order valence-corrected chi connectivity index (χ2v) is 5.67. The average molecular weight is 264 g/mol. The van der Waals surface area contributed by atoms with Crippen molar-refractivity contribution in [3.63, 3.8) is 0 Å². The van der Waals surface area contributed by atoms with Gasteiger partial charge in [0.25, 0.3) is 9.05 Å². The molecule has 88 valence electrons. The molecule has 0 saturated carbocycles. The van der Waals surface area contributed by atoms with Crippen molar-refractivity contribution < 1.29 is 17.9 Å². The minimum absolute atomic E-state index is 0.0776. The van der Waals surface area contributed by atoms with Gasteiger partial charge in [0, 0.05) is 23.4 Å². The van der Waals surface area contributed by atoms with E-state index in [9.17, 15) is 13.2 Å². The number of halogens is 1. The molecule has 5 nitrogen and oxygen atoms in total. The molecule has 0 aliphatic rings. The van der Waals surface area contributed by atoms with Gasteiger partial charge in [-0.05, 0) is 23.8 Å². The molecular weight excluding hydrogens is 254 g/mol. The number of hydrogen-bond donors (Lipinski definition) is 1. The Kier molecular flexibility index (Phi) is 3.90. The summed E-state index contributed by atoms with van der Waals surface area (Å²) in [4.78, 5) is 10.8. The van der Waals surface area contributed by atoms with Gasteiger partial charge in [0.1, 0.15) is 0 Å². The Balaban J connectivity index is 3.35. The Morgan fingerprint density at radius 3 is 2.50 bits per heavy atom. The van der Waals surface area contributed by atoms with E-state index in [0.29, 0.717) is 5.56 Å². The highest BCUT2D eigenvalue weighted by molar-refractivity contribution is 8.13. The van der Waals surface area contributed by atoms with Crippen molar-refractivity contribution >= 4 is 25.6 Å². The second kappa shape index (κ2) is 4.82. The zero-order valence-electron chi connectivity index (χ0n) is 8.44. The lowest BCUT2D eigenvalue weighted by molar-refractivity contribution is 0.0999. The lowest BCUT2D eigenvalue weighted by atomic mass is 10.1. The number of ether oxygens (including phenoxy) is 1. The van der Waals surface area contributed by atoms with Crippen LogP contribution in [-0.2, 0) is 20.4 Å². The number of carbonyl (C=O) groups excluding carboxylic acids is 1. The van der Waals surface area contributed by atoms with Gasteiger partial charge in [-0.1, -0.05) is 0 Å². The van der Waals surface area contributed by atoms with Crippen LogP contribution < -0.4 is 5.73 Å². The molecule has 1 amide bonds. The number of hydrogen-bond acceptors (Lipinski definition) is 4. The highest BCUT2D eigenvalue weighted by Crippen LogP contribution is 2.19. The Hall–Kier alpha value is -1.11. The molecule has 1 rings (SSSR count). The summed E-state index contributed by atoms with van der Waals surface area (Å²) in [6.07, 6.45) is 0. The third-order valence-corrected chi connectivity index (χ3v) is 3.18. The maximum Gasteiger partial charge on any atom is 0.261 e. The van der Waals surface area contributed by atoms with Gasteiger partial charge in [0.15, 0.2) is 0 Å². The van der Waals surface area contributed by atoms with Crippen molar-refractivity contribution in [1.29, 1.82) is 0 Å². The maximum absolute atomic E-state index is 11.1. The fourth-order valence-corrected chi connectivity index (χ4v) is 2.02. The fourth-order valence-electron chi connectivity index (χ4n) is 1.19. The molecule has 0 bridgehead atoms. The highest BCUT2D eigenvalue weighted by Gasteiger charge is 2.14. The molecule has 0 aliphatic heterocycles. The zero-order valence-corrected chi connectivity index (χ0v) is 10.0. The van der Waals surface area contributed by atoms with Crippen molar-refractivity contribution in [1.82, 2.24) is 0 Å². The summed E-state index contributed by atoms with van der Waals surface area (Å²) < 4.78 is 27.1. The van der Waals surface area contributed by atoms with Crippen molar-refractivity contribution in [3.05, 3.63) is 29.3 Å². The third kappa shape index (κ3) is 3.19. The Morgan fingerprint density at radius 1 is 1.44 bits per heavy atom. The fraction of sp³-hybridized carbons (Fsp3) is 0.222. The zero-order chi connectivity index (χ0) is 12.3. The van der Waals surface area contributed by atoms with E-state index in [-0.39, 0.29) is 17.1 Å².